The number of nitrogens with two attached hydrogens (primary N) is 1. The highest BCUT2D eigenvalue weighted by atomic mass is 32.1. The van der Waals surface area contributed by atoms with Crippen LogP contribution in [0.1, 0.15) is 39.5 Å². The summed E-state index contributed by atoms with van der Waals surface area (Å²) in [6.45, 7) is 6.67. The lowest BCUT2D eigenvalue weighted by Crippen LogP contribution is -2.35. The van der Waals surface area contributed by atoms with Crippen LogP contribution in [0.15, 0.2) is 0 Å². The number of aliphatic hydroxyl groups excluding tert-OH is 1. The molecule has 1 unspecified atom stereocenters. The van der Waals surface area contributed by atoms with Gasteiger partial charge in [-0.05, 0) is 38.8 Å². The maximum Gasteiger partial charge on any atom is 0.0784 e. The van der Waals surface area contributed by atoms with Gasteiger partial charge in [-0.25, -0.2) is 0 Å². The molecule has 1 atom stereocenters. The van der Waals surface area contributed by atoms with Gasteiger partial charge in [-0.15, -0.1) is 0 Å². The van der Waals surface area contributed by atoms with Gasteiger partial charge in [0.05, 0.1) is 11.6 Å². The number of rotatable bonds is 6. The van der Waals surface area contributed by atoms with E-state index < -0.39 is 0 Å². The molecule has 1 heterocycles. The van der Waals surface area contributed by atoms with Crippen LogP contribution in [0.2, 0.25) is 0 Å². The lowest BCUT2D eigenvalue weighted by molar-refractivity contribution is 0.155. The smallest absolute Gasteiger partial charge is 0.0784 e. The maximum atomic E-state index is 9.20. The lowest BCUT2D eigenvalue weighted by Gasteiger charge is -2.26. The second-order valence-corrected chi connectivity index (χ2v) is 5.81. The molecule has 0 bridgehead atoms. The molecular weight excluding hydrogens is 220 g/mol. The van der Waals surface area contributed by atoms with Crippen LogP contribution in [0.3, 0.4) is 0 Å². The Bertz CT molecular complexity index is 243. The van der Waals surface area contributed by atoms with Crippen molar-refractivity contribution in [3.63, 3.8) is 0 Å². The third-order valence-electron chi connectivity index (χ3n) is 3.62. The van der Waals surface area contributed by atoms with Gasteiger partial charge in [0.15, 0.2) is 0 Å². The summed E-state index contributed by atoms with van der Waals surface area (Å²) in [5.41, 5.74) is 5.66. The van der Waals surface area contributed by atoms with Gasteiger partial charge in [0.25, 0.3) is 0 Å². The van der Waals surface area contributed by atoms with Crippen molar-refractivity contribution in [1.29, 1.82) is 0 Å². The largest absolute Gasteiger partial charge is 0.395 e. The number of aliphatic hydroxyl groups is 1. The van der Waals surface area contributed by atoms with E-state index in [1.165, 1.54) is 6.42 Å². The zero-order chi connectivity index (χ0) is 12.2. The molecular formula is C12H24N2OS. The molecule has 0 aromatic rings. The molecule has 1 saturated heterocycles. The van der Waals surface area contributed by atoms with E-state index in [1.807, 2.05) is 0 Å². The first-order valence-corrected chi connectivity index (χ1v) is 6.53. The van der Waals surface area contributed by atoms with Gasteiger partial charge in [0, 0.05) is 11.5 Å². The highest BCUT2D eigenvalue weighted by Gasteiger charge is 2.25. The molecule has 4 heteroatoms. The minimum atomic E-state index is -0.0379. The number of likely N-dealkylation sites (tertiary alicyclic amines) is 1. The predicted octanol–water partition coefficient (Wildman–Crippen LogP) is 1.54. The van der Waals surface area contributed by atoms with Gasteiger partial charge in [-0.3, -0.25) is 4.90 Å². The van der Waals surface area contributed by atoms with Crippen molar-refractivity contribution in [3.8, 4) is 0 Å². The molecule has 1 aliphatic rings. The number of hydrogen-bond donors (Lipinski definition) is 2. The molecule has 0 radical (unpaired) electrons. The Labute approximate surface area is 104 Å². The van der Waals surface area contributed by atoms with Crippen molar-refractivity contribution in [1.82, 2.24) is 4.90 Å². The van der Waals surface area contributed by atoms with Gasteiger partial charge in [0.2, 0.25) is 0 Å². The van der Waals surface area contributed by atoms with Crippen LogP contribution in [0.4, 0.5) is 0 Å². The van der Waals surface area contributed by atoms with E-state index in [1.54, 1.807) is 0 Å². The van der Waals surface area contributed by atoms with Crippen molar-refractivity contribution in [2.45, 2.75) is 45.6 Å². The minimum Gasteiger partial charge on any atom is -0.395 e. The van der Waals surface area contributed by atoms with Gasteiger partial charge >= 0.3 is 0 Å². The Balaban J connectivity index is 2.27. The fourth-order valence-electron chi connectivity index (χ4n) is 2.24. The molecule has 0 aromatic heterocycles. The van der Waals surface area contributed by atoms with Gasteiger partial charge in [0.1, 0.15) is 0 Å². The van der Waals surface area contributed by atoms with Crippen molar-refractivity contribution in [2.75, 3.05) is 19.7 Å². The van der Waals surface area contributed by atoms with Crippen molar-refractivity contribution in [3.05, 3.63) is 0 Å². The zero-order valence-corrected chi connectivity index (χ0v) is 11.2. The fraction of sp³-hybridized carbons (Fsp3) is 0.917. The van der Waals surface area contributed by atoms with E-state index in [2.05, 4.69) is 18.7 Å². The summed E-state index contributed by atoms with van der Waals surface area (Å²) < 4.78 is 0. The van der Waals surface area contributed by atoms with E-state index >= 15 is 0 Å². The Morgan fingerprint density at radius 2 is 2.25 bits per heavy atom. The molecule has 1 aliphatic heterocycles. The summed E-state index contributed by atoms with van der Waals surface area (Å²) in [5, 5.41) is 9.20. The molecule has 1 rings (SSSR count). The average molecular weight is 244 g/mol. The highest BCUT2D eigenvalue weighted by Crippen LogP contribution is 2.24. The molecule has 0 spiro atoms. The summed E-state index contributed by atoms with van der Waals surface area (Å²) >= 11 is 5.05. The monoisotopic (exact) mass is 244 g/mol. The summed E-state index contributed by atoms with van der Waals surface area (Å²) in [6, 6.07) is 0.382. The molecule has 0 aliphatic carbocycles. The van der Waals surface area contributed by atoms with E-state index in [-0.39, 0.29) is 5.41 Å². The van der Waals surface area contributed by atoms with Gasteiger partial charge in [-0.1, -0.05) is 26.1 Å². The van der Waals surface area contributed by atoms with Crippen LogP contribution in [-0.4, -0.2) is 40.7 Å². The second-order valence-electron chi connectivity index (χ2n) is 5.37. The Morgan fingerprint density at radius 3 is 2.81 bits per heavy atom. The first kappa shape index (κ1) is 13.9. The molecule has 16 heavy (non-hydrogen) atoms. The quantitative estimate of drug-likeness (QED) is 0.696. The molecule has 1 fully saturated rings. The van der Waals surface area contributed by atoms with Crippen molar-refractivity contribution in [2.24, 2.45) is 11.1 Å². The highest BCUT2D eigenvalue weighted by molar-refractivity contribution is 7.80. The van der Waals surface area contributed by atoms with Crippen LogP contribution in [0, 0.1) is 5.41 Å². The number of nitrogens with zero attached hydrogens (tertiary/aromatic N) is 1. The summed E-state index contributed by atoms with van der Waals surface area (Å²) in [5.74, 6) is 0. The number of hydrogen-bond acceptors (Lipinski definition) is 3. The van der Waals surface area contributed by atoms with Crippen molar-refractivity contribution < 1.29 is 5.11 Å². The first-order valence-electron chi connectivity index (χ1n) is 6.12. The summed E-state index contributed by atoms with van der Waals surface area (Å²) in [7, 11) is 0. The third-order valence-corrected chi connectivity index (χ3v) is 4.18. The molecule has 0 aromatic carbocycles. The summed E-state index contributed by atoms with van der Waals surface area (Å²) in [4.78, 5) is 2.99. The minimum absolute atomic E-state index is 0.0379. The molecule has 0 amide bonds. The standard InChI is InChI=1S/C12H24N2OS/c1-12(2,11(13)16)6-4-8-14-7-3-5-10(14)9-15/h10,15H,3-9H2,1-2H3,(H2,13,16). The second kappa shape index (κ2) is 5.94. The fourth-order valence-corrected chi connectivity index (χ4v) is 2.35. The summed E-state index contributed by atoms with van der Waals surface area (Å²) in [6.07, 6.45) is 4.47. The zero-order valence-electron chi connectivity index (χ0n) is 10.4. The van der Waals surface area contributed by atoms with Gasteiger partial charge < -0.3 is 10.8 Å². The molecule has 0 saturated carbocycles. The Kier molecular flexibility index (Phi) is 5.15. The SMILES string of the molecule is CC(C)(CCCN1CCCC1CO)C(N)=S. The van der Waals surface area contributed by atoms with Crippen LogP contribution in [-0.2, 0) is 0 Å². The topological polar surface area (TPSA) is 49.5 Å². The van der Waals surface area contributed by atoms with Crippen LogP contribution in [0.25, 0.3) is 0 Å². The normalized spacial score (nSPS) is 22.6. The molecule has 3 nitrogen and oxygen atoms in total. The predicted molar refractivity (Wildman–Crippen MR) is 71.5 cm³/mol. The maximum absolute atomic E-state index is 9.20. The van der Waals surface area contributed by atoms with E-state index in [0.29, 0.717) is 17.6 Å². The Hall–Kier alpha value is -0.190. The average Bonchev–Trinajstić information content (AvgIpc) is 2.64. The Morgan fingerprint density at radius 1 is 1.56 bits per heavy atom. The van der Waals surface area contributed by atoms with E-state index in [4.69, 9.17) is 18.0 Å². The van der Waals surface area contributed by atoms with Crippen LogP contribution in [0.5, 0.6) is 0 Å². The lowest BCUT2D eigenvalue weighted by atomic mass is 9.88. The molecule has 3 N–H and O–H groups in total. The number of thiocarbonyl (C=S) groups is 1. The van der Waals surface area contributed by atoms with E-state index in [0.717, 1.165) is 32.4 Å². The van der Waals surface area contributed by atoms with Crippen LogP contribution >= 0.6 is 12.2 Å². The van der Waals surface area contributed by atoms with E-state index in [9.17, 15) is 5.11 Å². The molecule has 94 valence electrons. The van der Waals surface area contributed by atoms with Crippen LogP contribution < -0.4 is 5.73 Å². The third kappa shape index (κ3) is 3.68. The van der Waals surface area contributed by atoms with Gasteiger partial charge in [-0.2, -0.15) is 0 Å². The first-order chi connectivity index (χ1) is 7.47. The van der Waals surface area contributed by atoms with Crippen molar-refractivity contribution >= 4 is 17.2 Å².